The van der Waals surface area contributed by atoms with E-state index in [4.69, 9.17) is 0 Å². The zero-order valence-electron chi connectivity index (χ0n) is 16.6. The summed E-state index contributed by atoms with van der Waals surface area (Å²) < 4.78 is 27.6. The summed E-state index contributed by atoms with van der Waals surface area (Å²) in [7, 11) is -1.36. The second-order valence-electron chi connectivity index (χ2n) is 7.27. The number of carbonyl (C=O) groups excluding carboxylic acids is 1. The van der Waals surface area contributed by atoms with Crippen molar-refractivity contribution in [2.45, 2.75) is 18.6 Å². The van der Waals surface area contributed by atoms with E-state index in [2.05, 4.69) is 23.2 Å². The van der Waals surface area contributed by atoms with Gasteiger partial charge in [-0.15, -0.1) is 0 Å². The van der Waals surface area contributed by atoms with E-state index in [9.17, 15) is 13.2 Å². The van der Waals surface area contributed by atoms with E-state index in [0.29, 0.717) is 4.80 Å². The fourth-order valence-corrected chi connectivity index (χ4v) is 6.07. The van der Waals surface area contributed by atoms with Gasteiger partial charge in [-0.25, -0.2) is 8.42 Å². The van der Waals surface area contributed by atoms with Crippen molar-refractivity contribution in [3.05, 3.63) is 77.1 Å². The lowest BCUT2D eigenvalue weighted by molar-refractivity contribution is -0.118. The zero-order valence-corrected chi connectivity index (χ0v) is 18.2. The molecule has 0 saturated carbocycles. The van der Waals surface area contributed by atoms with Crippen LogP contribution in [0.2, 0.25) is 0 Å². The average Bonchev–Trinajstić information content (AvgIpc) is 3.04. The largest absolute Gasteiger partial charge is 0.319 e. The summed E-state index contributed by atoms with van der Waals surface area (Å²) in [6, 6.07) is 21.3. The lowest BCUT2D eigenvalue weighted by atomic mass is 10.1. The molecule has 4 rings (SSSR count). The summed E-state index contributed by atoms with van der Waals surface area (Å²) in [5.41, 5.74) is 1.79. The number of nitrogens with zero attached hydrogens (tertiary/aromatic N) is 2. The highest BCUT2D eigenvalue weighted by Crippen LogP contribution is 2.27. The fraction of sp³-hybridized carbons (Fsp3) is 0.217. The molecule has 0 aliphatic heterocycles. The molecule has 0 unspecified atom stereocenters. The number of hydrogen-bond acceptors (Lipinski definition) is 4. The van der Waals surface area contributed by atoms with Crippen LogP contribution in [0, 0.1) is 0 Å². The second kappa shape index (κ2) is 8.53. The Kier molecular flexibility index (Phi) is 5.83. The third kappa shape index (κ3) is 4.52. The molecule has 0 N–H and O–H groups in total. The minimum atomic E-state index is -3.25. The van der Waals surface area contributed by atoms with E-state index < -0.39 is 9.84 Å². The summed E-state index contributed by atoms with van der Waals surface area (Å²) in [5, 5.41) is 2.28. The highest BCUT2D eigenvalue weighted by molar-refractivity contribution is 7.90. The molecule has 5 nitrogen and oxygen atoms in total. The quantitative estimate of drug-likeness (QED) is 0.453. The molecule has 0 aliphatic carbocycles. The second-order valence-corrected chi connectivity index (χ2v) is 10.4. The van der Waals surface area contributed by atoms with E-state index in [1.165, 1.54) is 11.3 Å². The van der Waals surface area contributed by atoms with Crippen LogP contribution in [0.5, 0.6) is 0 Å². The number of sulfone groups is 1. The first-order chi connectivity index (χ1) is 14.4. The van der Waals surface area contributed by atoms with Gasteiger partial charge in [0, 0.05) is 18.9 Å². The predicted octanol–water partition coefficient (Wildman–Crippen LogP) is 4.22. The van der Waals surface area contributed by atoms with Crippen molar-refractivity contribution in [2.75, 3.05) is 5.75 Å². The Morgan fingerprint density at radius 3 is 2.53 bits per heavy atom. The van der Waals surface area contributed by atoms with Gasteiger partial charge in [-0.2, -0.15) is 4.99 Å². The first-order valence-electron chi connectivity index (χ1n) is 9.72. The number of thiazole rings is 1. The molecule has 0 atom stereocenters. The molecule has 30 heavy (non-hydrogen) atoms. The van der Waals surface area contributed by atoms with Crippen molar-refractivity contribution in [3.8, 4) is 0 Å². The highest BCUT2D eigenvalue weighted by atomic mass is 32.2. The first-order valence-corrected chi connectivity index (χ1v) is 12.4. The number of carbonyl (C=O) groups is 1. The summed E-state index contributed by atoms with van der Waals surface area (Å²) >= 11 is 1.48. The molecule has 1 aromatic heterocycles. The molecule has 0 spiro atoms. The number of amides is 1. The molecule has 0 saturated heterocycles. The topological polar surface area (TPSA) is 68.5 Å². The van der Waals surface area contributed by atoms with Gasteiger partial charge in [0.2, 0.25) is 5.91 Å². The van der Waals surface area contributed by atoms with Crippen molar-refractivity contribution < 1.29 is 13.2 Å². The Morgan fingerprint density at radius 1 is 1.00 bits per heavy atom. The molecule has 4 aromatic rings. The maximum Gasteiger partial charge on any atom is 0.248 e. The summed E-state index contributed by atoms with van der Waals surface area (Å²) in [5.74, 6) is -0.319. The number of aromatic nitrogens is 1. The van der Waals surface area contributed by atoms with Crippen LogP contribution in [0.1, 0.15) is 18.4 Å². The normalized spacial score (nSPS) is 12.6. The molecule has 7 heteroatoms. The Morgan fingerprint density at radius 2 is 1.73 bits per heavy atom. The van der Waals surface area contributed by atoms with Gasteiger partial charge in [-0.3, -0.25) is 4.79 Å². The van der Waals surface area contributed by atoms with Gasteiger partial charge in [-0.05, 0) is 23.4 Å². The molecule has 154 valence electrons. The summed E-state index contributed by atoms with van der Waals surface area (Å²) in [6.07, 6.45) is 0.387. The Labute approximate surface area is 179 Å². The standard InChI is InChI=1S/C23H22N2O3S2/c1-25-20-14-13-18-10-5-6-11-19(18)22(20)29-23(25)24-21(26)12-7-15-30(27,28)16-17-8-3-2-4-9-17/h2-6,8-11,13-14H,7,12,15-16H2,1H3. The minimum Gasteiger partial charge on any atom is -0.319 e. The van der Waals surface area contributed by atoms with E-state index in [1.807, 2.05) is 48.0 Å². The SMILES string of the molecule is Cn1c(=NC(=O)CCCS(=O)(=O)Cc2ccccc2)sc2c3ccccc3ccc21. The molecule has 3 aromatic carbocycles. The molecule has 0 aliphatic rings. The predicted molar refractivity (Wildman–Crippen MR) is 122 cm³/mol. The Hall–Kier alpha value is -2.77. The van der Waals surface area contributed by atoms with Gasteiger partial charge < -0.3 is 4.57 Å². The van der Waals surface area contributed by atoms with Crippen LogP contribution in [0.25, 0.3) is 21.0 Å². The van der Waals surface area contributed by atoms with Crippen LogP contribution in [0.15, 0.2) is 71.7 Å². The molecule has 0 bridgehead atoms. The molecule has 1 amide bonds. The van der Waals surface area contributed by atoms with Gasteiger partial charge >= 0.3 is 0 Å². The van der Waals surface area contributed by atoms with Crippen molar-refractivity contribution in [1.82, 2.24) is 4.57 Å². The summed E-state index contributed by atoms with van der Waals surface area (Å²) in [6.45, 7) is 0. The van der Waals surface area contributed by atoms with Crippen molar-refractivity contribution >= 4 is 48.1 Å². The molecule has 1 heterocycles. The van der Waals surface area contributed by atoms with Crippen LogP contribution in [0.3, 0.4) is 0 Å². The van der Waals surface area contributed by atoms with E-state index in [-0.39, 0.29) is 30.3 Å². The van der Waals surface area contributed by atoms with Crippen LogP contribution in [-0.4, -0.2) is 24.6 Å². The van der Waals surface area contributed by atoms with Crippen LogP contribution < -0.4 is 4.80 Å². The number of hydrogen-bond donors (Lipinski definition) is 0. The van der Waals surface area contributed by atoms with Crippen molar-refractivity contribution in [2.24, 2.45) is 12.0 Å². The maximum absolute atomic E-state index is 12.4. The lowest BCUT2D eigenvalue weighted by Crippen LogP contribution is -2.14. The smallest absolute Gasteiger partial charge is 0.248 e. The molecular formula is C23H22N2O3S2. The van der Waals surface area contributed by atoms with Gasteiger partial charge in [0.05, 0.1) is 21.7 Å². The number of rotatable bonds is 6. The van der Waals surface area contributed by atoms with E-state index in [1.54, 1.807) is 12.1 Å². The van der Waals surface area contributed by atoms with Gasteiger partial charge in [0.15, 0.2) is 14.6 Å². The Bertz CT molecular complexity index is 1380. The fourth-order valence-electron chi connectivity index (χ4n) is 3.47. The number of benzene rings is 3. The number of aryl methyl sites for hydroxylation is 1. The first kappa shape index (κ1) is 20.5. The molecule has 0 fully saturated rings. The van der Waals surface area contributed by atoms with E-state index in [0.717, 1.165) is 26.6 Å². The van der Waals surface area contributed by atoms with Gasteiger partial charge in [-0.1, -0.05) is 72.0 Å². The molecular weight excluding hydrogens is 416 g/mol. The lowest BCUT2D eigenvalue weighted by Gasteiger charge is -2.03. The Balaban J connectivity index is 1.47. The molecule has 0 radical (unpaired) electrons. The van der Waals surface area contributed by atoms with Crippen LogP contribution >= 0.6 is 11.3 Å². The van der Waals surface area contributed by atoms with Gasteiger partial charge in [0.25, 0.3) is 0 Å². The van der Waals surface area contributed by atoms with E-state index >= 15 is 0 Å². The third-order valence-corrected chi connectivity index (χ3v) is 7.86. The zero-order chi connectivity index (χ0) is 21.1. The minimum absolute atomic E-state index is 0.00246. The van der Waals surface area contributed by atoms with Gasteiger partial charge in [0.1, 0.15) is 0 Å². The monoisotopic (exact) mass is 438 g/mol. The van der Waals surface area contributed by atoms with Crippen molar-refractivity contribution in [3.63, 3.8) is 0 Å². The highest BCUT2D eigenvalue weighted by Gasteiger charge is 2.13. The van der Waals surface area contributed by atoms with Crippen LogP contribution in [0.4, 0.5) is 0 Å². The average molecular weight is 439 g/mol. The number of fused-ring (bicyclic) bond motifs is 3. The maximum atomic E-state index is 12.4. The van der Waals surface area contributed by atoms with Crippen LogP contribution in [-0.2, 0) is 27.4 Å². The third-order valence-electron chi connectivity index (χ3n) is 5.00. The summed E-state index contributed by atoms with van der Waals surface area (Å²) in [4.78, 5) is 17.3. The van der Waals surface area contributed by atoms with Crippen molar-refractivity contribution in [1.29, 1.82) is 0 Å².